The molecule has 2 fully saturated rings. The van der Waals surface area contributed by atoms with Gasteiger partial charge in [-0.15, -0.1) is 0 Å². The van der Waals surface area contributed by atoms with Gasteiger partial charge in [-0.3, -0.25) is 0 Å². The first kappa shape index (κ1) is 21.7. The van der Waals surface area contributed by atoms with E-state index in [-0.39, 0.29) is 6.03 Å². The summed E-state index contributed by atoms with van der Waals surface area (Å²) < 4.78 is 0. The molecule has 0 radical (unpaired) electrons. The minimum Gasteiger partial charge on any atom is -0.362 e. The van der Waals surface area contributed by atoms with Crippen LogP contribution in [0.2, 0.25) is 0 Å². The molecule has 3 N–H and O–H groups in total. The lowest BCUT2D eigenvalue weighted by molar-refractivity contribution is 0.227. The molecule has 0 bridgehead atoms. The molecule has 0 spiro atoms. The average molecular weight is 425 g/mol. The summed E-state index contributed by atoms with van der Waals surface area (Å²) in [5, 5.41) is 10.9. The van der Waals surface area contributed by atoms with Crippen LogP contribution < -0.4 is 20.9 Å². The Morgan fingerprint density at radius 2 is 1.71 bits per heavy atom. The minimum atomic E-state index is 0.00734. The number of nitrogens with one attached hydrogen (secondary N) is 3. The molecule has 31 heavy (non-hydrogen) atoms. The minimum absolute atomic E-state index is 0.00734. The normalized spacial score (nSPS) is 22.1. The van der Waals surface area contributed by atoms with Gasteiger partial charge >= 0.3 is 6.03 Å². The maximum Gasteiger partial charge on any atom is 0.315 e. The van der Waals surface area contributed by atoms with Gasteiger partial charge in [-0.2, -0.15) is 4.98 Å². The smallest absolute Gasteiger partial charge is 0.315 e. The van der Waals surface area contributed by atoms with Crippen molar-refractivity contribution < 1.29 is 4.79 Å². The van der Waals surface area contributed by atoms with Crippen molar-refractivity contribution in [3.8, 4) is 0 Å². The maximum absolute atomic E-state index is 12.2. The molecule has 168 valence electrons. The number of carbonyl (C=O) groups excluding carboxylic acids is 1. The monoisotopic (exact) mass is 424 g/mol. The number of hydrogen-bond donors (Lipinski definition) is 3. The number of aromatic nitrogens is 2. The van der Waals surface area contributed by atoms with Gasteiger partial charge < -0.3 is 20.9 Å². The molecule has 0 aliphatic heterocycles. The van der Waals surface area contributed by atoms with Gasteiger partial charge in [-0.05, 0) is 56.6 Å². The molecule has 1 aromatic carbocycles. The van der Waals surface area contributed by atoms with Crippen LogP contribution in [0.1, 0.15) is 57.8 Å². The van der Waals surface area contributed by atoms with Gasteiger partial charge in [0.05, 0.1) is 5.52 Å². The van der Waals surface area contributed by atoms with Crippen molar-refractivity contribution in [1.29, 1.82) is 0 Å². The highest BCUT2D eigenvalue weighted by Crippen LogP contribution is 2.28. The first-order chi connectivity index (χ1) is 15.1. The Balaban J connectivity index is 1.25. The molecule has 0 atom stereocenters. The second-order valence-corrected chi connectivity index (χ2v) is 9.33. The number of rotatable bonds is 6. The first-order valence-electron chi connectivity index (χ1n) is 11.8. The van der Waals surface area contributed by atoms with Gasteiger partial charge in [-0.25, -0.2) is 9.78 Å². The van der Waals surface area contributed by atoms with E-state index in [4.69, 9.17) is 9.97 Å². The van der Waals surface area contributed by atoms with E-state index in [1.165, 1.54) is 19.3 Å². The fraction of sp³-hybridized carbons (Fsp3) is 0.625. The number of nitrogens with zero attached hydrogens (tertiary/aromatic N) is 3. The summed E-state index contributed by atoms with van der Waals surface area (Å²) in [7, 11) is 4.03. The van der Waals surface area contributed by atoms with E-state index >= 15 is 0 Å². The van der Waals surface area contributed by atoms with Crippen LogP contribution in [0.5, 0.6) is 0 Å². The van der Waals surface area contributed by atoms with Crippen LogP contribution in [0.15, 0.2) is 24.3 Å². The lowest BCUT2D eigenvalue weighted by Crippen LogP contribution is -2.44. The van der Waals surface area contributed by atoms with Gasteiger partial charge in [-0.1, -0.05) is 31.4 Å². The lowest BCUT2D eigenvalue weighted by atomic mass is 9.86. The number of para-hydroxylation sites is 1. The topological polar surface area (TPSA) is 82.2 Å². The second kappa shape index (κ2) is 10.2. The number of urea groups is 1. The number of anilines is 2. The molecule has 1 heterocycles. The standard InChI is InChI=1S/C24H36N6O/c1-30(2)22-20-10-6-7-11-21(20)28-23(29-22)26-19-14-12-17(13-15-19)16-25-24(31)27-18-8-4-3-5-9-18/h6-7,10-11,17-19H,3-5,8-9,12-16H2,1-2H3,(H2,25,27,31)(H,26,28,29). The van der Waals surface area contributed by atoms with E-state index in [1.807, 2.05) is 37.2 Å². The molecule has 2 aromatic rings. The van der Waals surface area contributed by atoms with Crippen molar-refractivity contribution >= 4 is 28.7 Å². The Labute approximate surface area is 185 Å². The van der Waals surface area contributed by atoms with E-state index in [2.05, 4.69) is 22.0 Å². The average Bonchev–Trinajstić information content (AvgIpc) is 2.78. The quantitative estimate of drug-likeness (QED) is 0.644. The van der Waals surface area contributed by atoms with Gasteiger partial charge in [0.15, 0.2) is 0 Å². The zero-order valence-corrected chi connectivity index (χ0v) is 18.9. The van der Waals surface area contributed by atoms with Crippen molar-refractivity contribution in [3.05, 3.63) is 24.3 Å². The molecular formula is C24H36N6O. The number of benzene rings is 1. The third-order valence-corrected chi connectivity index (χ3v) is 6.68. The number of fused-ring (bicyclic) bond motifs is 1. The van der Waals surface area contributed by atoms with Crippen molar-refractivity contribution in [2.45, 2.75) is 69.9 Å². The number of hydrogen-bond acceptors (Lipinski definition) is 5. The van der Waals surface area contributed by atoms with E-state index < -0.39 is 0 Å². The van der Waals surface area contributed by atoms with Gasteiger partial charge in [0, 0.05) is 38.1 Å². The van der Waals surface area contributed by atoms with E-state index in [9.17, 15) is 4.79 Å². The third kappa shape index (κ3) is 5.77. The first-order valence-corrected chi connectivity index (χ1v) is 11.8. The van der Waals surface area contributed by atoms with Gasteiger partial charge in [0.25, 0.3) is 0 Å². The van der Waals surface area contributed by atoms with Crippen molar-refractivity contribution in [3.63, 3.8) is 0 Å². The fourth-order valence-electron chi connectivity index (χ4n) is 4.88. The molecular weight excluding hydrogens is 388 g/mol. The third-order valence-electron chi connectivity index (χ3n) is 6.68. The Hall–Kier alpha value is -2.57. The Bertz CT molecular complexity index is 871. The van der Waals surface area contributed by atoms with Gasteiger partial charge in [0.1, 0.15) is 5.82 Å². The van der Waals surface area contributed by atoms with Crippen molar-refractivity contribution in [1.82, 2.24) is 20.6 Å². The zero-order chi connectivity index (χ0) is 21.6. The highest BCUT2D eigenvalue weighted by atomic mass is 16.2. The SMILES string of the molecule is CN(C)c1nc(NC2CCC(CNC(=O)NC3CCCCC3)CC2)nc2ccccc12. The molecule has 7 heteroatoms. The van der Waals surface area contributed by atoms with Crippen LogP contribution in [0, 0.1) is 5.92 Å². The predicted molar refractivity (Wildman–Crippen MR) is 127 cm³/mol. The van der Waals surface area contributed by atoms with Crippen molar-refractivity contribution in [2.75, 3.05) is 30.9 Å². The van der Waals surface area contributed by atoms with Crippen LogP contribution in [0.3, 0.4) is 0 Å². The van der Waals surface area contributed by atoms with Crippen LogP contribution >= 0.6 is 0 Å². The van der Waals surface area contributed by atoms with Crippen LogP contribution in [-0.4, -0.2) is 48.7 Å². The summed E-state index contributed by atoms with van der Waals surface area (Å²) in [4.78, 5) is 23.7. The molecule has 7 nitrogen and oxygen atoms in total. The number of carbonyl (C=O) groups is 1. The molecule has 2 aliphatic rings. The fourth-order valence-corrected chi connectivity index (χ4v) is 4.88. The Morgan fingerprint density at radius 3 is 2.45 bits per heavy atom. The summed E-state index contributed by atoms with van der Waals surface area (Å²) in [5.74, 6) is 2.19. The molecule has 4 rings (SSSR count). The van der Waals surface area contributed by atoms with Crippen LogP contribution in [0.4, 0.5) is 16.6 Å². The Kier molecular flexibility index (Phi) is 7.10. The van der Waals surface area contributed by atoms with Crippen molar-refractivity contribution in [2.24, 2.45) is 5.92 Å². The van der Waals surface area contributed by atoms with Gasteiger partial charge in [0.2, 0.25) is 5.95 Å². The molecule has 1 aromatic heterocycles. The molecule has 0 saturated heterocycles. The van der Waals surface area contributed by atoms with E-state index in [1.54, 1.807) is 0 Å². The molecule has 2 amide bonds. The summed E-state index contributed by atoms with van der Waals surface area (Å²) in [6.45, 7) is 0.766. The second-order valence-electron chi connectivity index (χ2n) is 9.33. The molecule has 0 unspecified atom stereocenters. The maximum atomic E-state index is 12.2. The summed E-state index contributed by atoms with van der Waals surface area (Å²) in [6.07, 6.45) is 10.4. The largest absolute Gasteiger partial charge is 0.362 e. The van der Waals surface area contributed by atoms with E-state index in [0.29, 0.717) is 23.9 Å². The van der Waals surface area contributed by atoms with E-state index in [0.717, 1.165) is 61.8 Å². The van der Waals surface area contributed by atoms with Crippen LogP contribution in [-0.2, 0) is 0 Å². The summed E-state index contributed by atoms with van der Waals surface area (Å²) in [6, 6.07) is 8.89. The Morgan fingerprint density at radius 1 is 0.968 bits per heavy atom. The summed E-state index contributed by atoms with van der Waals surface area (Å²) >= 11 is 0. The lowest BCUT2D eigenvalue weighted by Gasteiger charge is -2.30. The molecule has 2 saturated carbocycles. The highest BCUT2D eigenvalue weighted by Gasteiger charge is 2.23. The summed E-state index contributed by atoms with van der Waals surface area (Å²) in [5.41, 5.74) is 0.963. The highest BCUT2D eigenvalue weighted by molar-refractivity contribution is 5.90. The van der Waals surface area contributed by atoms with Crippen LogP contribution in [0.25, 0.3) is 10.9 Å². The zero-order valence-electron chi connectivity index (χ0n) is 18.9. The molecule has 2 aliphatic carbocycles. The number of amides is 2. The predicted octanol–water partition coefficient (Wildman–Crippen LogP) is 4.30.